The lowest BCUT2D eigenvalue weighted by atomic mass is 10.0. The summed E-state index contributed by atoms with van der Waals surface area (Å²) in [5.74, 6) is 1.02. The Morgan fingerprint density at radius 1 is 1.44 bits per heavy atom. The average Bonchev–Trinajstić information content (AvgIpc) is 2.77. The van der Waals surface area contributed by atoms with Crippen molar-refractivity contribution in [2.45, 2.75) is 38.8 Å². The highest BCUT2D eigenvalue weighted by molar-refractivity contribution is 5.51. The molecular weight excluding hydrogens is 228 g/mol. The first kappa shape index (κ1) is 11.5. The van der Waals surface area contributed by atoms with Gasteiger partial charge in [0.1, 0.15) is 12.1 Å². The lowest BCUT2D eigenvalue weighted by Crippen LogP contribution is -2.33. The molecule has 0 aromatic carbocycles. The Balaban J connectivity index is 1.87. The predicted octanol–water partition coefficient (Wildman–Crippen LogP) is 2.02. The molecule has 3 heterocycles. The van der Waals surface area contributed by atoms with Crippen molar-refractivity contribution in [3.63, 3.8) is 0 Å². The van der Waals surface area contributed by atoms with Crippen molar-refractivity contribution in [3.05, 3.63) is 24.0 Å². The van der Waals surface area contributed by atoms with E-state index in [1.54, 1.807) is 6.33 Å². The van der Waals surface area contributed by atoms with Crippen molar-refractivity contribution in [1.29, 1.82) is 0 Å². The maximum atomic E-state index is 5.57. The third-order valence-electron chi connectivity index (χ3n) is 3.36. The van der Waals surface area contributed by atoms with E-state index in [9.17, 15) is 0 Å². The zero-order valence-electron chi connectivity index (χ0n) is 10.8. The minimum Gasteiger partial charge on any atom is -0.378 e. The fraction of sp³-hybridized carbons (Fsp3) is 0.538. The van der Waals surface area contributed by atoms with Gasteiger partial charge in [0.25, 0.3) is 0 Å². The van der Waals surface area contributed by atoms with Crippen LogP contribution in [0.3, 0.4) is 0 Å². The topological polar surface area (TPSA) is 51.5 Å². The molecule has 1 aliphatic rings. The molecule has 2 unspecified atom stereocenters. The number of hydrogen-bond acceptors (Lipinski definition) is 4. The average molecular weight is 246 g/mol. The van der Waals surface area contributed by atoms with Crippen LogP contribution in [0.2, 0.25) is 0 Å². The van der Waals surface area contributed by atoms with Crippen LogP contribution in [0.1, 0.15) is 25.3 Å². The molecule has 0 saturated carbocycles. The Morgan fingerprint density at radius 3 is 3.17 bits per heavy atom. The molecule has 18 heavy (non-hydrogen) atoms. The Kier molecular flexibility index (Phi) is 2.91. The molecule has 1 aliphatic heterocycles. The first-order valence-electron chi connectivity index (χ1n) is 6.41. The van der Waals surface area contributed by atoms with E-state index in [4.69, 9.17) is 4.74 Å². The Labute approximate surface area is 106 Å². The van der Waals surface area contributed by atoms with E-state index in [0.717, 1.165) is 30.9 Å². The molecule has 5 nitrogen and oxygen atoms in total. The molecule has 1 saturated heterocycles. The summed E-state index contributed by atoms with van der Waals surface area (Å²) >= 11 is 0. The number of anilines is 1. The number of aromatic nitrogens is 3. The van der Waals surface area contributed by atoms with Gasteiger partial charge in [0.2, 0.25) is 0 Å². The minimum absolute atomic E-state index is 0.326. The Hall–Kier alpha value is -1.62. The van der Waals surface area contributed by atoms with Gasteiger partial charge in [-0.25, -0.2) is 4.98 Å². The van der Waals surface area contributed by atoms with Crippen LogP contribution in [0.4, 0.5) is 5.82 Å². The molecule has 1 N–H and O–H groups in total. The molecule has 3 rings (SSSR count). The summed E-state index contributed by atoms with van der Waals surface area (Å²) in [4.78, 5) is 4.24. The zero-order valence-corrected chi connectivity index (χ0v) is 10.8. The number of hydrogen-bond donors (Lipinski definition) is 1. The molecule has 0 amide bonds. The van der Waals surface area contributed by atoms with Crippen molar-refractivity contribution in [1.82, 2.24) is 14.6 Å². The second-order valence-electron chi connectivity index (χ2n) is 5.00. The number of fused-ring (bicyclic) bond motifs is 1. The van der Waals surface area contributed by atoms with Gasteiger partial charge in [-0.3, -0.25) is 0 Å². The van der Waals surface area contributed by atoms with Crippen molar-refractivity contribution < 1.29 is 4.74 Å². The van der Waals surface area contributed by atoms with Gasteiger partial charge in [0.05, 0.1) is 6.10 Å². The SMILES string of the molecule is Cc1cc(NC2CCOC(C)C2)n2ncnc2c1. The van der Waals surface area contributed by atoms with Crippen LogP contribution >= 0.6 is 0 Å². The van der Waals surface area contributed by atoms with E-state index in [-0.39, 0.29) is 0 Å². The number of nitrogens with one attached hydrogen (secondary N) is 1. The van der Waals surface area contributed by atoms with Gasteiger partial charge in [-0.05, 0) is 44.4 Å². The third kappa shape index (κ3) is 2.18. The molecule has 2 aromatic heterocycles. The summed E-state index contributed by atoms with van der Waals surface area (Å²) in [6.07, 6.45) is 3.98. The smallest absolute Gasteiger partial charge is 0.157 e. The van der Waals surface area contributed by atoms with E-state index < -0.39 is 0 Å². The molecule has 5 heteroatoms. The monoisotopic (exact) mass is 246 g/mol. The zero-order chi connectivity index (χ0) is 12.5. The summed E-state index contributed by atoms with van der Waals surface area (Å²) in [6, 6.07) is 4.59. The van der Waals surface area contributed by atoms with Gasteiger partial charge in [0.15, 0.2) is 5.65 Å². The van der Waals surface area contributed by atoms with Crippen LogP contribution in [0.5, 0.6) is 0 Å². The maximum absolute atomic E-state index is 5.57. The van der Waals surface area contributed by atoms with Crippen molar-refractivity contribution in [3.8, 4) is 0 Å². The van der Waals surface area contributed by atoms with Gasteiger partial charge in [-0.15, -0.1) is 0 Å². The third-order valence-corrected chi connectivity index (χ3v) is 3.36. The van der Waals surface area contributed by atoms with Crippen LogP contribution in [0, 0.1) is 6.92 Å². The van der Waals surface area contributed by atoms with Gasteiger partial charge in [-0.1, -0.05) is 0 Å². The Bertz CT molecular complexity index is 551. The molecule has 2 aromatic rings. The first-order chi connectivity index (χ1) is 8.72. The molecule has 0 radical (unpaired) electrons. The highest BCUT2D eigenvalue weighted by Gasteiger charge is 2.20. The summed E-state index contributed by atoms with van der Waals surface area (Å²) < 4.78 is 7.42. The van der Waals surface area contributed by atoms with Crippen LogP contribution in [0.25, 0.3) is 5.65 Å². The number of aryl methyl sites for hydroxylation is 1. The van der Waals surface area contributed by atoms with E-state index in [2.05, 4.69) is 35.3 Å². The number of pyridine rings is 1. The summed E-state index contributed by atoms with van der Waals surface area (Å²) in [7, 11) is 0. The van der Waals surface area contributed by atoms with Crippen LogP contribution in [0.15, 0.2) is 18.5 Å². The Morgan fingerprint density at radius 2 is 2.33 bits per heavy atom. The number of nitrogens with zero attached hydrogens (tertiary/aromatic N) is 3. The maximum Gasteiger partial charge on any atom is 0.157 e. The van der Waals surface area contributed by atoms with E-state index in [1.807, 2.05) is 10.6 Å². The van der Waals surface area contributed by atoms with Gasteiger partial charge in [-0.2, -0.15) is 9.61 Å². The standard InChI is InChI=1S/C13H18N4O/c1-9-5-12-14-8-15-17(12)13(6-9)16-11-3-4-18-10(2)7-11/h5-6,8,10-11,16H,3-4,7H2,1-2H3. The molecular formula is C13H18N4O. The van der Waals surface area contributed by atoms with Crippen LogP contribution in [-0.2, 0) is 4.74 Å². The largest absolute Gasteiger partial charge is 0.378 e. The predicted molar refractivity (Wildman–Crippen MR) is 69.8 cm³/mol. The summed E-state index contributed by atoms with van der Waals surface area (Å²) in [6.45, 7) is 5.02. The molecule has 96 valence electrons. The van der Waals surface area contributed by atoms with Crippen LogP contribution < -0.4 is 5.32 Å². The summed E-state index contributed by atoms with van der Waals surface area (Å²) in [5.41, 5.74) is 2.08. The van der Waals surface area contributed by atoms with Crippen LogP contribution in [-0.4, -0.2) is 33.4 Å². The number of ether oxygens (including phenoxy) is 1. The number of rotatable bonds is 2. The molecule has 0 bridgehead atoms. The van der Waals surface area contributed by atoms with Crippen molar-refractivity contribution >= 4 is 11.5 Å². The minimum atomic E-state index is 0.326. The van der Waals surface area contributed by atoms with Crippen molar-refractivity contribution in [2.75, 3.05) is 11.9 Å². The van der Waals surface area contributed by atoms with Gasteiger partial charge >= 0.3 is 0 Å². The first-order valence-corrected chi connectivity index (χ1v) is 6.41. The fourth-order valence-electron chi connectivity index (χ4n) is 2.50. The fourth-order valence-corrected chi connectivity index (χ4v) is 2.50. The molecule has 0 spiro atoms. The highest BCUT2D eigenvalue weighted by Crippen LogP contribution is 2.20. The molecule has 1 fully saturated rings. The second-order valence-corrected chi connectivity index (χ2v) is 5.00. The molecule has 2 atom stereocenters. The van der Waals surface area contributed by atoms with Gasteiger partial charge < -0.3 is 10.1 Å². The van der Waals surface area contributed by atoms with Crippen molar-refractivity contribution in [2.24, 2.45) is 0 Å². The highest BCUT2D eigenvalue weighted by atomic mass is 16.5. The molecule has 0 aliphatic carbocycles. The quantitative estimate of drug-likeness (QED) is 0.880. The normalized spacial score (nSPS) is 24.3. The second kappa shape index (κ2) is 4.57. The van der Waals surface area contributed by atoms with E-state index in [1.165, 1.54) is 5.56 Å². The summed E-state index contributed by atoms with van der Waals surface area (Å²) in [5, 5.41) is 7.82. The van der Waals surface area contributed by atoms with Gasteiger partial charge in [0, 0.05) is 12.6 Å². The lowest BCUT2D eigenvalue weighted by Gasteiger charge is -2.28. The van der Waals surface area contributed by atoms with E-state index in [0.29, 0.717) is 12.1 Å². The lowest BCUT2D eigenvalue weighted by molar-refractivity contribution is 0.0231. The van der Waals surface area contributed by atoms with E-state index >= 15 is 0 Å².